The number of guanidine groups is 1. The highest BCUT2D eigenvalue weighted by atomic mass is 16.5. The Morgan fingerprint density at radius 1 is 0.966 bits per heavy atom. The summed E-state index contributed by atoms with van der Waals surface area (Å²) < 4.78 is 7.77. The van der Waals surface area contributed by atoms with Gasteiger partial charge in [0.1, 0.15) is 0 Å². The molecule has 0 saturated heterocycles. The summed E-state index contributed by atoms with van der Waals surface area (Å²) in [7, 11) is 1.79. The van der Waals surface area contributed by atoms with Crippen LogP contribution in [0.2, 0.25) is 0 Å². The van der Waals surface area contributed by atoms with Crippen molar-refractivity contribution in [3.05, 3.63) is 89.7 Å². The normalized spacial score (nSPS) is 11.4. The van der Waals surface area contributed by atoms with Crippen molar-refractivity contribution in [3.8, 4) is 0 Å². The molecule has 0 saturated carbocycles. The van der Waals surface area contributed by atoms with Gasteiger partial charge >= 0.3 is 0 Å². The first kappa shape index (κ1) is 20.6. The number of aliphatic imine (C=N–C) groups is 1. The highest BCUT2D eigenvalue weighted by Crippen LogP contribution is 2.09. The molecular weight excluding hydrogens is 362 g/mol. The first-order valence-electron chi connectivity index (χ1n) is 9.95. The Labute approximate surface area is 172 Å². The van der Waals surface area contributed by atoms with Crippen molar-refractivity contribution in [3.63, 3.8) is 0 Å². The van der Waals surface area contributed by atoms with Gasteiger partial charge < -0.3 is 15.4 Å². The maximum Gasteiger partial charge on any atom is 0.191 e. The van der Waals surface area contributed by atoms with Crippen LogP contribution in [0, 0.1) is 0 Å². The van der Waals surface area contributed by atoms with Gasteiger partial charge in [0.2, 0.25) is 0 Å². The van der Waals surface area contributed by atoms with Crippen LogP contribution in [0.3, 0.4) is 0 Å². The lowest BCUT2D eigenvalue weighted by molar-refractivity contribution is 0.107. The van der Waals surface area contributed by atoms with Crippen molar-refractivity contribution in [1.82, 2.24) is 20.4 Å². The second-order valence-corrected chi connectivity index (χ2v) is 6.77. The molecule has 2 N–H and O–H groups in total. The van der Waals surface area contributed by atoms with Crippen LogP contribution in [0.5, 0.6) is 0 Å². The molecule has 0 radical (unpaired) electrons. The lowest BCUT2D eigenvalue weighted by Gasteiger charge is -2.13. The van der Waals surface area contributed by atoms with E-state index in [0.717, 1.165) is 25.5 Å². The van der Waals surface area contributed by atoms with Gasteiger partial charge in [0, 0.05) is 39.1 Å². The van der Waals surface area contributed by atoms with Crippen LogP contribution >= 0.6 is 0 Å². The van der Waals surface area contributed by atoms with E-state index in [-0.39, 0.29) is 0 Å². The lowest BCUT2D eigenvalue weighted by Crippen LogP contribution is -2.37. The molecule has 0 aliphatic heterocycles. The minimum atomic E-state index is 0.600. The molecule has 2 aromatic carbocycles. The molecule has 3 rings (SSSR count). The Morgan fingerprint density at radius 2 is 1.76 bits per heavy atom. The Kier molecular flexibility index (Phi) is 8.29. The molecule has 0 aliphatic carbocycles. The maximum atomic E-state index is 5.84. The van der Waals surface area contributed by atoms with Crippen molar-refractivity contribution in [2.75, 3.05) is 13.6 Å². The van der Waals surface area contributed by atoms with E-state index in [4.69, 9.17) is 4.74 Å². The number of rotatable bonds is 10. The first-order valence-corrected chi connectivity index (χ1v) is 9.95. The van der Waals surface area contributed by atoms with Crippen LogP contribution in [0.15, 0.2) is 78.0 Å². The average Bonchev–Trinajstić information content (AvgIpc) is 3.28. The van der Waals surface area contributed by atoms with Gasteiger partial charge in [-0.05, 0) is 29.2 Å². The number of hydrogen-bond acceptors (Lipinski definition) is 3. The summed E-state index contributed by atoms with van der Waals surface area (Å²) in [6.45, 7) is 3.67. The Hall–Kier alpha value is -3.12. The van der Waals surface area contributed by atoms with Crippen molar-refractivity contribution in [1.29, 1.82) is 0 Å². The monoisotopic (exact) mass is 391 g/mol. The Bertz CT molecular complexity index is 862. The largest absolute Gasteiger partial charge is 0.372 e. The fourth-order valence-corrected chi connectivity index (χ4v) is 2.98. The van der Waals surface area contributed by atoms with Gasteiger partial charge in [0.15, 0.2) is 5.96 Å². The van der Waals surface area contributed by atoms with E-state index in [1.54, 1.807) is 13.2 Å². The van der Waals surface area contributed by atoms with E-state index in [9.17, 15) is 0 Å². The zero-order chi connectivity index (χ0) is 20.2. The third-order valence-corrected chi connectivity index (χ3v) is 4.47. The molecule has 0 bridgehead atoms. The smallest absolute Gasteiger partial charge is 0.191 e. The third kappa shape index (κ3) is 7.43. The van der Waals surface area contributed by atoms with Gasteiger partial charge in [0.05, 0.1) is 13.2 Å². The first-order chi connectivity index (χ1) is 14.3. The lowest BCUT2D eigenvalue weighted by atomic mass is 10.1. The van der Waals surface area contributed by atoms with Crippen molar-refractivity contribution in [2.24, 2.45) is 4.99 Å². The Morgan fingerprint density at radius 3 is 2.55 bits per heavy atom. The molecular formula is C23H29N5O. The number of aromatic nitrogens is 2. The predicted octanol–water partition coefficient (Wildman–Crippen LogP) is 3.36. The van der Waals surface area contributed by atoms with Gasteiger partial charge in [-0.25, -0.2) is 0 Å². The summed E-state index contributed by atoms with van der Waals surface area (Å²) in [6.07, 6.45) is 4.76. The summed E-state index contributed by atoms with van der Waals surface area (Å²) in [6, 6.07) is 20.6. The third-order valence-electron chi connectivity index (χ3n) is 4.47. The highest BCUT2D eigenvalue weighted by molar-refractivity contribution is 5.79. The highest BCUT2D eigenvalue weighted by Gasteiger charge is 2.01. The average molecular weight is 392 g/mol. The van der Waals surface area contributed by atoms with E-state index in [0.29, 0.717) is 19.8 Å². The number of hydrogen-bond donors (Lipinski definition) is 2. The second kappa shape index (κ2) is 11.7. The second-order valence-electron chi connectivity index (χ2n) is 6.77. The van der Waals surface area contributed by atoms with Crippen LogP contribution in [0.25, 0.3) is 0 Å². The van der Waals surface area contributed by atoms with Gasteiger partial charge in [-0.2, -0.15) is 5.10 Å². The van der Waals surface area contributed by atoms with Gasteiger partial charge in [-0.3, -0.25) is 9.67 Å². The van der Waals surface area contributed by atoms with E-state index < -0.39 is 0 Å². The summed E-state index contributed by atoms with van der Waals surface area (Å²) in [5, 5.41) is 10.9. The molecule has 0 fully saturated rings. The van der Waals surface area contributed by atoms with Crippen LogP contribution < -0.4 is 10.6 Å². The SMILES string of the molecule is CN=C(NCCCn1cccn1)NCc1cccc(COCc2ccccc2)c1. The summed E-state index contributed by atoms with van der Waals surface area (Å²) in [5.74, 6) is 0.802. The summed E-state index contributed by atoms with van der Waals surface area (Å²) in [4.78, 5) is 4.29. The fourth-order valence-electron chi connectivity index (χ4n) is 2.98. The molecule has 0 aliphatic rings. The van der Waals surface area contributed by atoms with Crippen LogP contribution in [0.1, 0.15) is 23.1 Å². The van der Waals surface area contributed by atoms with Crippen LogP contribution in [-0.2, 0) is 31.0 Å². The fraction of sp³-hybridized carbons (Fsp3) is 0.304. The zero-order valence-corrected chi connectivity index (χ0v) is 16.9. The number of nitrogens with one attached hydrogen (secondary N) is 2. The molecule has 6 nitrogen and oxygen atoms in total. The molecule has 0 atom stereocenters. The molecule has 1 aromatic heterocycles. The molecule has 0 unspecified atom stereocenters. The Balaban J connectivity index is 1.38. The van der Waals surface area contributed by atoms with Gasteiger partial charge in [0.25, 0.3) is 0 Å². The van der Waals surface area contributed by atoms with E-state index in [1.165, 1.54) is 16.7 Å². The predicted molar refractivity (Wildman–Crippen MR) is 116 cm³/mol. The number of benzene rings is 2. The van der Waals surface area contributed by atoms with Crippen molar-refractivity contribution >= 4 is 5.96 Å². The minimum Gasteiger partial charge on any atom is -0.372 e. The van der Waals surface area contributed by atoms with E-state index >= 15 is 0 Å². The molecule has 6 heteroatoms. The molecule has 0 spiro atoms. The molecule has 3 aromatic rings. The van der Waals surface area contributed by atoms with Crippen molar-refractivity contribution < 1.29 is 4.74 Å². The number of ether oxygens (including phenoxy) is 1. The molecule has 1 heterocycles. The molecule has 29 heavy (non-hydrogen) atoms. The van der Waals surface area contributed by atoms with E-state index in [2.05, 4.69) is 57.1 Å². The molecule has 152 valence electrons. The number of aryl methyl sites for hydroxylation is 1. The summed E-state index contributed by atoms with van der Waals surface area (Å²) in [5.41, 5.74) is 3.56. The van der Waals surface area contributed by atoms with Crippen molar-refractivity contribution in [2.45, 2.75) is 32.7 Å². The molecule has 0 amide bonds. The van der Waals surface area contributed by atoms with Gasteiger partial charge in [-0.1, -0.05) is 54.6 Å². The standard InChI is InChI=1S/C23H29N5O/c1-24-23(25-12-6-14-28-15-7-13-27-28)26-17-21-10-5-11-22(16-21)19-29-18-20-8-3-2-4-9-20/h2-5,7-11,13,15-16H,6,12,14,17-19H2,1H3,(H2,24,25,26). The summed E-state index contributed by atoms with van der Waals surface area (Å²) >= 11 is 0. The zero-order valence-electron chi connectivity index (χ0n) is 16.9. The quantitative estimate of drug-likeness (QED) is 0.316. The number of nitrogens with zero attached hydrogens (tertiary/aromatic N) is 3. The topological polar surface area (TPSA) is 63.5 Å². The van der Waals surface area contributed by atoms with E-state index in [1.807, 2.05) is 35.1 Å². The van der Waals surface area contributed by atoms with Crippen LogP contribution in [0.4, 0.5) is 0 Å². The maximum absolute atomic E-state index is 5.84. The van der Waals surface area contributed by atoms with Crippen LogP contribution in [-0.4, -0.2) is 29.3 Å². The minimum absolute atomic E-state index is 0.600. The van der Waals surface area contributed by atoms with Gasteiger partial charge in [-0.15, -0.1) is 0 Å².